The molecule has 0 amide bonds. The van der Waals surface area contributed by atoms with Crippen LogP contribution in [-0.2, 0) is 10.5 Å². The number of phenolic OH excluding ortho intramolecular Hbond substituents is 8. The van der Waals surface area contributed by atoms with Gasteiger partial charge in [-0.1, -0.05) is 30.3 Å². The molecule has 0 bridgehead atoms. The van der Waals surface area contributed by atoms with E-state index in [0.29, 0.717) is 5.75 Å². The normalized spacial score (nSPS) is 17.8. The van der Waals surface area contributed by atoms with E-state index in [1.165, 1.54) is 17.8 Å². The van der Waals surface area contributed by atoms with Gasteiger partial charge in [-0.15, -0.1) is 11.8 Å². The Hall–Kier alpha value is -5.10. The Balaban J connectivity index is 1.63. The van der Waals surface area contributed by atoms with Gasteiger partial charge in [0.1, 0.15) is 17.2 Å². The van der Waals surface area contributed by atoms with Crippen molar-refractivity contribution in [3.05, 3.63) is 89.0 Å². The Morgan fingerprint density at radius 3 is 1.95 bits per heavy atom. The summed E-state index contributed by atoms with van der Waals surface area (Å²) in [6, 6.07) is 15.6. The van der Waals surface area contributed by atoms with Gasteiger partial charge in [0, 0.05) is 23.4 Å². The molecule has 12 heteroatoms. The summed E-state index contributed by atoms with van der Waals surface area (Å²) < 4.78 is 11.9. The number of thioether (sulfide) groups is 1. The highest BCUT2D eigenvalue weighted by Gasteiger charge is 2.45. The van der Waals surface area contributed by atoms with Crippen LogP contribution in [0.1, 0.15) is 38.4 Å². The van der Waals surface area contributed by atoms with Crippen molar-refractivity contribution in [3.63, 3.8) is 0 Å². The van der Waals surface area contributed by atoms with Crippen molar-refractivity contribution < 1.29 is 55.1 Å². The minimum atomic E-state index is -1.29. The SMILES string of the molecule is O=C(O[C@@H]1C(SCc2ccccc2)c2c(O)cc(O)cc2O[C@@H]1c1cc(O)c(O)c(O)c1)c1cc(O)c(O)c(O)c1. The van der Waals surface area contributed by atoms with Crippen LogP contribution in [0.4, 0.5) is 0 Å². The van der Waals surface area contributed by atoms with Crippen molar-refractivity contribution in [2.24, 2.45) is 0 Å². The van der Waals surface area contributed by atoms with Crippen LogP contribution < -0.4 is 4.74 Å². The summed E-state index contributed by atoms with van der Waals surface area (Å²) in [5.41, 5.74) is 0.853. The molecule has 41 heavy (non-hydrogen) atoms. The van der Waals surface area contributed by atoms with Crippen LogP contribution in [0.2, 0.25) is 0 Å². The lowest BCUT2D eigenvalue weighted by molar-refractivity contribution is -0.0203. The van der Waals surface area contributed by atoms with E-state index in [9.17, 15) is 45.6 Å². The lowest BCUT2D eigenvalue weighted by atomic mass is 9.92. The van der Waals surface area contributed by atoms with Crippen LogP contribution in [0, 0.1) is 0 Å². The maximum Gasteiger partial charge on any atom is 0.338 e. The van der Waals surface area contributed by atoms with Gasteiger partial charge >= 0.3 is 5.97 Å². The number of fused-ring (bicyclic) bond motifs is 1. The topological polar surface area (TPSA) is 197 Å². The Bertz CT molecular complexity index is 1580. The molecule has 1 unspecified atom stereocenters. The molecule has 4 aromatic rings. The van der Waals surface area contributed by atoms with Crippen molar-refractivity contribution in [2.45, 2.75) is 23.2 Å². The fraction of sp³-hybridized carbons (Fsp3) is 0.138. The van der Waals surface area contributed by atoms with E-state index in [2.05, 4.69) is 0 Å². The first-order valence-electron chi connectivity index (χ1n) is 12.1. The first-order chi connectivity index (χ1) is 19.5. The second-order valence-corrected chi connectivity index (χ2v) is 10.4. The molecule has 11 nitrogen and oxygen atoms in total. The zero-order valence-corrected chi connectivity index (χ0v) is 21.8. The number of hydrogen-bond acceptors (Lipinski definition) is 12. The lowest BCUT2D eigenvalue weighted by Gasteiger charge is -2.39. The van der Waals surface area contributed by atoms with Crippen LogP contribution in [0.5, 0.6) is 51.7 Å². The summed E-state index contributed by atoms with van der Waals surface area (Å²) >= 11 is 1.27. The van der Waals surface area contributed by atoms with Gasteiger partial charge in [0.25, 0.3) is 0 Å². The fourth-order valence-electron chi connectivity index (χ4n) is 4.53. The highest BCUT2D eigenvalue weighted by Crippen LogP contribution is 2.55. The molecule has 0 aliphatic carbocycles. The number of benzene rings is 4. The number of ether oxygens (including phenoxy) is 2. The summed E-state index contributed by atoms with van der Waals surface area (Å²) in [6.45, 7) is 0. The molecule has 0 radical (unpaired) electrons. The van der Waals surface area contributed by atoms with Gasteiger partial charge in [-0.25, -0.2) is 4.79 Å². The number of hydrogen-bond donors (Lipinski definition) is 8. The van der Waals surface area contributed by atoms with Crippen LogP contribution in [0.25, 0.3) is 0 Å². The molecular formula is C29H24O11S. The number of aromatic hydroxyl groups is 8. The van der Waals surface area contributed by atoms with Crippen molar-refractivity contribution in [2.75, 3.05) is 0 Å². The largest absolute Gasteiger partial charge is 0.508 e. The highest BCUT2D eigenvalue weighted by atomic mass is 32.2. The van der Waals surface area contributed by atoms with Crippen molar-refractivity contribution >= 4 is 17.7 Å². The zero-order valence-electron chi connectivity index (χ0n) is 21.0. The van der Waals surface area contributed by atoms with Gasteiger partial charge in [0.2, 0.25) is 0 Å². The average molecular weight is 581 g/mol. The standard InChI is InChI=1S/C29H24O11S/c30-16-10-17(31)23-22(11-16)39-26(14-6-18(32)24(36)19(33)7-14)27(28(23)41-12-13-4-2-1-3-5-13)40-29(38)15-8-20(34)25(37)21(35)9-15/h1-11,26-28,30-37H,12H2/t26-,27+,28?/m1/s1. The number of phenols is 8. The quantitative estimate of drug-likeness (QED) is 0.116. The molecule has 212 valence electrons. The Labute approximate surface area is 236 Å². The zero-order chi connectivity index (χ0) is 29.4. The summed E-state index contributed by atoms with van der Waals surface area (Å²) in [6.07, 6.45) is -2.56. The van der Waals surface area contributed by atoms with Gasteiger partial charge in [-0.2, -0.15) is 0 Å². The van der Waals surface area contributed by atoms with E-state index in [-0.39, 0.29) is 33.9 Å². The smallest absolute Gasteiger partial charge is 0.338 e. The van der Waals surface area contributed by atoms with E-state index < -0.39 is 57.9 Å². The van der Waals surface area contributed by atoms with Gasteiger partial charge in [0.15, 0.2) is 46.7 Å². The highest BCUT2D eigenvalue weighted by molar-refractivity contribution is 7.98. The second kappa shape index (κ2) is 10.8. The Morgan fingerprint density at radius 2 is 1.34 bits per heavy atom. The van der Waals surface area contributed by atoms with Crippen LogP contribution >= 0.6 is 11.8 Å². The Kier molecular flexibility index (Phi) is 7.24. The maximum absolute atomic E-state index is 13.3. The fourth-order valence-corrected chi connectivity index (χ4v) is 5.89. The van der Waals surface area contributed by atoms with Gasteiger partial charge in [0.05, 0.1) is 16.4 Å². The molecule has 0 spiro atoms. The molecule has 0 saturated carbocycles. The minimum Gasteiger partial charge on any atom is -0.508 e. The van der Waals surface area contributed by atoms with E-state index in [0.717, 1.165) is 35.9 Å². The third-order valence-corrected chi connectivity index (χ3v) is 7.84. The molecule has 5 rings (SSSR count). The molecule has 0 aromatic heterocycles. The van der Waals surface area contributed by atoms with Crippen LogP contribution in [-0.4, -0.2) is 52.9 Å². The third-order valence-electron chi connectivity index (χ3n) is 6.48. The van der Waals surface area contributed by atoms with E-state index >= 15 is 0 Å². The first-order valence-corrected chi connectivity index (χ1v) is 13.2. The molecule has 8 N–H and O–H groups in total. The number of carbonyl (C=O) groups excluding carboxylic acids is 1. The summed E-state index contributed by atoms with van der Waals surface area (Å²) in [5.74, 6) is -5.80. The monoisotopic (exact) mass is 580 g/mol. The number of carbonyl (C=O) groups is 1. The van der Waals surface area contributed by atoms with Crippen molar-refractivity contribution in [1.82, 2.24) is 0 Å². The van der Waals surface area contributed by atoms with Gasteiger partial charge in [-0.3, -0.25) is 0 Å². The van der Waals surface area contributed by atoms with Crippen molar-refractivity contribution in [3.8, 4) is 51.7 Å². The summed E-state index contributed by atoms with van der Waals surface area (Å²) in [5, 5.41) is 80.0. The van der Waals surface area contributed by atoms with E-state index in [4.69, 9.17) is 9.47 Å². The lowest BCUT2D eigenvalue weighted by Crippen LogP contribution is -2.37. The molecule has 1 aliphatic heterocycles. The molecule has 1 aliphatic rings. The minimum absolute atomic E-state index is 0.0392. The van der Waals surface area contributed by atoms with E-state index in [1.54, 1.807) is 0 Å². The average Bonchev–Trinajstić information content (AvgIpc) is 2.93. The van der Waals surface area contributed by atoms with Crippen LogP contribution in [0.3, 0.4) is 0 Å². The van der Waals surface area contributed by atoms with Crippen molar-refractivity contribution in [1.29, 1.82) is 0 Å². The molecular weight excluding hydrogens is 556 g/mol. The summed E-state index contributed by atoms with van der Waals surface area (Å²) in [4.78, 5) is 13.3. The number of rotatable bonds is 6. The molecule has 1 heterocycles. The summed E-state index contributed by atoms with van der Waals surface area (Å²) in [7, 11) is 0. The Morgan fingerprint density at radius 1 is 0.756 bits per heavy atom. The molecule has 0 fully saturated rings. The van der Waals surface area contributed by atoms with E-state index in [1.807, 2.05) is 30.3 Å². The molecule has 0 saturated heterocycles. The molecule has 3 atom stereocenters. The third kappa shape index (κ3) is 5.37. The number of esters is 1. The molecule has 4 aromatic carbocycles. The van der Waals surface area contributed by atoms with Gasteiger partial charge < -0.3 is 50.3 Å². The maximum atomic E-state index is 13.3. The predicted molar refractivity (Wildman–Crippen MR) is 146 cm³/mol. The van der Waals surface area contributed by atoms with Gasteiger partial charge in [-0.05, 0) is 29.8 Å². The van der Waals surface area contributed by atoms with Crippen LogP contribution in [0.15, 0.2) is 66.7 Å². The second-order valence-electron chi connectivity index (χ2n) is 9.27. The predicted octanol–water partition coefficient (Wildman–Crippen LogP) is 4.67. The first kappa shape index (κ1) is 27.5.